The summed E-state index contributed by atoms with van der Waals surface area (Å²) in [6.45, 7) is 11.8. The number of rotatable bonds is 8. The highest BCUT2D eigenvalue weighted by Crippen LogP contribution is 2.25. The van der Waals surface area contributed by atoms with Gasteiger partial charge in [-0.05, 0) is 76.6 Å². The zero-order valence-electron chi connectivity index (χ0n) is 25.2. The summed E-state index contributed by atoms with van der Waals surface area (Å²) in [5.41, 5.74) is 3.53. The first kappa shape index (κ1) is 30.1. The Morgan fingerprint density at radius 3 is 2.51 bits per heavy atom. The molecule has 2 N–H and O–H groups in total. The Bertz CT molecular complexity index is 1700. The van der Waals surface area contributed by atoms with Crippen molar-refractivity contribution in [3.63, 3.8) is 0 Å². The Balaban J connectivity index is 1.26. The van der Waals surface area contributed by atoms with Crippen molar-refractivity contribution in [3.8, 4) is 0 Å². The second-order valence-corrected chi connectivity index (χ2v) is 13.7. The molecule has 5 rings (SSSR count). The molecule has 12 heteroatoms. The first-order chi connectivity index (χ1) is 20.4. The van der Waals surface area contributed by atoms with E-state index >= 15 is 0 Å². The summed E-state index contributed by atoms with van der Waals surface area (Å²) in [6, 6.07) is 17.4. The summed E-state index contributed by atoms with van der Waals surface area (Å²) in [5.74, 6) is 0.459. The van der Waals surface area contributed by atoms with E-state index in [0.29, 0.717) is 31.3 Å². The van der Waals surface area contributed by atoms with Gasteiger partial charge in [-0.2, -0.15) is 4.98 Å². The number of para-hydroxylation sites is 1. The van der Waals surface area contributed by atoms with Gasteiger partial charge in [0.05, 0.1) is 18.0 Å². The number of sulfonamides is 1. The highest BCUT2D eigenvalue weighted by molar-refractivity contribution is 7.92. The fraction of sp³-hybridized carbons (Fsp3) is 0.387. The molecule has 43 heavy (non-hydrogen) atoms. The third kappa shape index (κ3) is 7.37. The maximum absolute atomic E-state index is 12.6. The average molecular weight is 606 g/mol. The fourth-order valence-electron chi connectivity index (χ4n) is 5.01. The molecule has 1 atom stereocenters. The van der Waals surface area contributed by atoms with E-state index in [0.717, 1.165) is 34.5 Å². The Morgan fingerprint density at radius 2 is 1.81 bits per heavy atom. The van der Waals surface area contributed by atoms with Crippen molar-refractivity contribution in [1.29, 1.82) is 0 Å². The van der Waals surface area contributed by atoms with Gasteiger partial charge in [0, 0.05) is 54.8 Å². The molecule has 2 aromatic heterocycles. The molecule has 228 valence electrons. The molecular weight excluding hydrogens is 566 g/mol. The molecule has 0 bridgehead atoms. The van der Waals surface area contributed by atoms with Gasteiger partial charge in [-0.3, -0.25) is 4.72 Å². The van der Waals surface area contributed by atoms with Gasteiger partial charge in [0.25, 0.3) is 0 Å². The van der Waals surface area contributed by atoms with E-state index in [-0.39, 0.29) is 17.9 Å². The quantitative estimate of drug-likeness (QED) is 0.273. The van der Waals surface area contributed by atoms with Crippen LogP contribution in [0.3, 0.4) is 0 Å². The SMILES string of the molecule is CCS(=O)(=O)Nc1ccccc1Cn1ccc2cnc(Nc3ccc(N4CCN(C(=O)OC(C)(C)C)C(C)C4)cc3)nc21. The number of amides is 1. The maximum Gasteiger partial charge on any atom is 0.410 e. The summed E-state index contributed by atoms with van der Waals surface area (Å²) in [5, 5.41) is 4.18. The summed E-state index contributed by atoms with van der Waals surface area (Å²) >= 11 is 0. The second kappa shape index (κ2) is 12.1. The van der Waals surface area contributed by atoms with Gasteiger partial charge in [-0.25, -0.2) is 18.2 Å². The normalized spacial score (nSPS) is 15.9. The van der Waals surface area contributed by atoms with Crippen LogP contribution < -0.4 is 14.9 Å². The Morgan fingerprint density at radius 1 is 1.07 bits per heavy atom. The lowest BCUT2D eigenvalue weighted by atomic mass is 10.1. The van der Waals surface area contributed by atoms with Crippen LogP contribution >= 0.6 is 0 Å². The molecule has 3 heterocycles. The van der Waals surface area contributed by atoms with E-state index < -0.39 is 15.6 Å². The van der Waals surface area contributed by atoms with E-state index in [9.17, 15) is 13.2 Å². The van der Waals surface area contributed by atoms with Crippen molar-refractivity contribution >= 4 is 50.2 Å². The number of nitrogens with one attached hydrogen (secondary N) is 2. The van der Waals surface area contributed by atoms with E-state index in [1.807, 2.05) is 87.0 Å². The van der Waals surface area contributed by atoms with Gasteiger partial charge in [-0.1, -0.05) is 18.2 Å². The molecule has 2 aromatic carbocycles. The van der Waals surface area contributed by atoms with Crippen LogP contribution in [-0.4, -0.2) is 71.0 Å². The van der Waals surface area contributed by atoms with Gasteiger partial charge in [0.2, 0.25) is 16.0 Å². The predicted molar refractivity (Wildman–Crippen MR) is 170 cm³/mol. The largest absolute Gasteiger partial charge is 0.444 e. The monoisotopic (exact) mass is 605 g/mol. The smallest absolute Gasteiger partial charge is 0.410 e. The molecular formula is C31H39N7O4S. The van der Waals surface area contributed by atoms with Crippen LogP contribution in [0.15, 0.2) is 67.0 Å². The fourth-order valence-corrected chi connectivity index (χ4v) is 5.69. The molecule has 4 aromatic rings. The van der Waals surface area contributed by atoms with Crippen LogP contribution in [-0.2, 0) is 21.3 Å². The van der Waals surface area contributed by atoms with E-state index in [2.05, 4.69) is 19.9 Å². The number of carbonyl (C=O) groups excluding carboxylic acids is 1. The zero-order chi connectivity index (χ0) is 30.8. The van der Waals surface area contributed by atoms with E-state index in [1.54, 1.807) is 24.1 Å². The molecule has 1 aliphatic heterocycles. The number of benzene rings is 2. The molecule has 1 aliphatic rings. The van der Waals surface area contributed by atoms with Crippen molar-refractivity contribution in [2.45, 2.75) is 52.8 Å². The highest BCUT2D eigenvalue weighted by Gasteiger charge is 2.31. The van der Waals surface area contributed by atoms with E-state index in [4.69, 9.17) is 9.72 Å². The molecule has 11 nitrogen and oxygen atoms in total. The number of hydrogen-bond acceptors (Lipinski definition) is 8. The third-order valence-corrected chi connectivity index (χ3v) is 8.54. The minimum absolute atomic E-state index is 0.000869. The van der Waals surface area contributed by atoms with Crippen molar-refractivity contribution in [1.82, 2.24) is 19.4 Å². The lowest BCUT2D eigenvalue weighted by Gasteiger charge is -2.41. The van der Waals surface area contributed by atoms with Crippen LogP contribution in [0.5, 0.6) is 0 Å². The molecule has 0 aliphatic carbocycles. The van der Waals surface area contributed by atoms with Gasteiger partial charge in [0.15, 0.2) is 0 Å². The summed E-state index contributed by atoms with van der Waals surface area (Å²) in [4.78, 5) is 25.9. The number of aromatic nitrogens is 3. The Hall–Kier alpha value is -4.32. The van der Waals surface area contributed by atoms with E-state index in [1.165, 1.54) is 0 Å². The van der Waals surface area contributed by atoms with Crippen LogP contribution in [0.1, 0.15) is 40.2 Å². The maximum atomic E-state index is 12.6. The molecule has 1 fully saturated rings. The zero-order valence-corrected chi connectivity index (χ0v) is 26.1. The molecule has 0 radical (unpaired) electrons. The minimum atomic E-state index is -3.40. The molecule has 1 saturated heterocycles. The van der Waals surface area contributed by atoms with Gasteiger partial charge < -0.3 is 24.4 Å². The number of anilines is 4. The predicted octanol–water partition coefficient (Wildman–Crippen LogP) is 5.43. The Kier molecular flexibility index (Phi) is 8.50. The summed E-state index contributed by atoms with van der Waals surface area (Å²) in [7, 11) is -3.40. The third-order valence-electron chi connectivity index (χ3n) is 7.25. The van der Waals surface area contributed by atoms with Crippen molar-refractivity contribution in [3.05, 3.63) is 72.6 Å². The number of hydrogen-bond donors (Lipinski definition) is 2. The molecule has 1 unspecified atom stereocenters. The number of fused-ring (bicyclic) bond motifs is 1. The minimum Gasteiger partial charge on any atom is -0.444 e. The molecule has 1 amide bonds. The van der Waals surface area contributed by atoms with Gasteiger partial charge >= 0.3 is 6.09 Å². The van der Waals surface area contributed by atoms with Gasteiger partial charge in [-0.15, -0.1) is 0 Å². The van der Waals surface area contributed by atoms with Crippen LogP contribution in [0.4, 0.5) is 27.8 Å². The molecule has 0 spiro atoms. The summed E-state index contributed by atoms with van der Waals surface area (Å²) in [6.07, 6.45) is 3.42. The topological polar surface area (TPSA) is 122 Å². The second-order valence-electron chi connectivity index (χ2n) is 11.7. The van der Waals surface area contributed by atoms with Gasteiger partial charge in [0.1, 0.15) is 11.2 Å². The average Bonchev–Trinajstić information content (AvgIpc) is 3.35. The number of piperazine rings is 1. The Labute approximate surface area is 252 Å². The highest BCUT2D eigenvalue weighted by atomic mass is 32.2. The standard InChI is InChI=1S/C31H39N7O4S/c1-6-43(40,41)35-27-10-8-7-9-24(27)21-37-16-15-23-19-32-29(34-28(23)37)33-25-11-13-26(14-12-25)36-17-18-38(22(2)20-36)30(39)42-31(3,4)5/h7-16,19,22,35H,6,17-18,20-21H2,1-5H3,(H,32,33,34). The first-order valence-electron chi connectivity index (χ1n) is 14.4. The number of ether oxygens (including phenoxy) is 1. The van der Waals surface area contributed by atoms with Crippen molar-refractivity contribution in [2.75, 3.05) is 40.3 Å². The lowest BCUT2D eigenvalue weighted by Crippen LogP contribution is -2.55. The van der Waals surface area contributed by atoms with Crippen molar-refractivity contribution < 1.29 is 17.9 Å². The van der Waals surface area contributed by atoms with Crippen LogP contribution in [0, 0.1) is 0 Å². The van der Waals surface area contributed by atoms with Crippen LogP contribution in [0.2, 0.25) is 0 Å². The van der Waals surface area contributed by atoms with Crippen LogP contribution in [0.25, 0.3) is 11.0 Å². The summed E-state index contributed by atoms with van der Waals surface area (Å²) < 4.78 is 34.6. The number of nitrogens with zero attached hydrogens (tertiary/aromatic N) is 5. The van der Waals surface area contributed by atoms with Crippen molar-refractivity contribution in [2.24, 2.45) is 0 Å². The number of carbonyl (C=O) groups is 1. The lowest BCUT2D eigenvalue weighted by molar-refractivity contribution is 0.0159. The first-order valence-corrected chi connectivity index (χ1v) is 16.1. The molecule has 0 saturated carbocycles.